The number of halogens is 2. The van der Waals surface area contributed by atoms with Crippen LogP contribution >= 0.6 is 23.2 Å². The van der Waals surface area contributed by atoms with Crippen molar-refractivity contribution in [3.05, 3.63) is 28.8 Å². The van der Waals surface area contributed by atoms with Crippen molar-refractivity contribution < 1.29 is 0 Å². The second-order valence-electron chi connectivity index (χ2n) is 4.40. The lowest BCUT2D eigenvalue weighted by atomic mass is 10.1. The average molecular weight is 273 g/mol. The maximum absolute atomic E-state index is 6.16. The Morgan fingerprint density at radius 2 is 1.88 bits per heavy atom. The molecule has 1 heterocycles. The zero-order chi connectivity index (χ0) is 12.3. The van der Waals surface area contributed by atoms with Gasteiger partial charge in [0.15, 0.2) is 0 Å². The molecule has 1 aromatic rings. The summed E-state index contributed by atoms with van der Waals surface area (Å²) in [6.45, 7) is 7.35. The molecule has 2 rings (SSSR count). The molecule has 0 bridgehead atoms. The van der Waals surface area contributed by atoms with Crippen LogP contribution in [0.5, 0.6) is 0 Å². The number of alkyl halides is 1. The minimum absolute atomic E-state index is 0.718. The molecule has 1 aliphatic rings. The van der Waals surface area contributed by atoms with Crippen molar-refractivity contribution in [2.75, 3.05) is 43.5 Å². The number of rotatable bonds is 3. The highest BCUT2D eigenvalue weighted by atomic mass is 35.5. The van der Waals surface area contributed by atoms with Gasteiger partial charge in [0, 0.05) is 49.3 Å². The van der Waals surface area contributed by atoms with Crippen molar-refractivity contribution >= 4 is 28.9 Å². The zero-order valence-corrected chi connectivity index (χ0v) is 11.6. The number of hydrogen-bond acceptors (Lipinski definition) is 2. The third kappa shape index (κ3) is 3.06. The van der Waals surface area contributed by atoms with E-state index in [1.165, 1.54) is 11.3 Å². The molecule has 0 aromatic heterocycles. The van der Waals surface area contributed by atoms with Crippen LogP contribution in [0.1, 0.15) is 5.56 Å². The molecule has 0 radical (unpaired) electrons. The third-order valence-corrected chi connectivity index (χ3v) is 3.93. The van der Waals surface area contributed by atoms with Gasteiger partial charge in [-0.3, -0.25) is 4.90 Å². The van der Waals surface area contributed by atoms with Crippen LogP contribution in [-0.2, 0) is 0 Å². The largest absolute Gasteiger partial charge is 0.369 e. The van der Waals surface area contributed by atoms with Crippen LogP contribution in [0.25, 0.3) is 0 Å². The second-order valence-corrected chi connectivity index (χ2v) is 5.19. The maximum Gasteiger partial charge on any atom is 0.0455 e. The molecule has 1 saturated heterocycles. The Balaban J connectivity index is 2.03. The molecule has 0 atom stereocenters. The molecule has 17 heavy (non-hydrogen) atoms. The van der Waals surface area contributed by atoms with Gasteiger partial charge in [0.05, 0.1) is 0 Å². The summed E-state index contributed by atoms with van der Waals surface area (Å²) in [5.74, 6) is 0.718. The highest BCUT2D eigenvalue weighted by Gasteiger charge is 2.18. The lowest BCUT2D eigenvalue weighted by molar-refractivity contribution is 0.272. The van der Waals surface area contributed by atoms with Gasteiger partial charge < -0.3 is 4.90 Å². The Kier molecular flexibility index (Phi) is 4.55. The molecule has 0 unspecified atom stereocenters. The number of benzene rings is 1. The van der Waals surface area contributed by atoms with Crippen molar-refractivity contribution in [3.8, 4) is 0 Å². The number of hydrogen-bond donors (Lipinski definition) is 0. The van der Waals surface area contributed by atoms with Crippen molar-refractivity contribution in [2.24, 2.45) is 0 Å². The topological polar surface area (TPSA) is 6.48 Å². The summed E-state index contributed by atoms with van der Waals surface area (Å²) < 4.78 is 0. The third-order valence-electron chi connectivity index (χ3n) is 3.35. The quantitative estimate of drug-likeness (QED) is 0.781. The van der Waals surface area contributed by atoms with E-state index in [9.17, 15) is 0 Å². The molecule has 0 spiro atoms. The smallest absolute Gasteiger partial charge is 0.0455 e. The van der Waals surface area contributed by atoms with E-state index in [-0.39, 0.29) is 0 Å². The fourth-order valence-electron chi connectivity index (χ4n) is 2.27. The summed E-state index contributed by atoms with van der Waals surface area (Å²) in [4.78, 5) is 4.81. The first-order valence-corrected chi connectivity index (χ1v) is 6.92. The van der Waals surface area contributed by atoms with Gasteiger partial charge >= 0.3 is 0 Å². The average Bonchev–Trinajstić information content (AvgIpc) is 2.34. The summed E-state index contributed by atoms with van der Waals surface area (Å²) >= 11 is 11.9. The first-order valence-electron chi connectivity index (χ1n) is 6.01. The van der Waals surface area contributed by atoms with E-state index in [0.717, 1.165) is 43.6 Å². The van der Waals surface area contributed by atoms with Crippen LogP contribution < -0.4 is 4.90 Å². The summed E-state index contributed by atoms with van der Waals surface area (Å²) in [7, 11) is 0. The summed E-state index contributed by atoms with van der Waals surface area (Å²) in [6.07, 6.45) is 0. The van der Waals surface area contributed by atoms with Crippen LogP contribution in [0.2, 0.25) is 5.02 Å². The Hall–Kier alpha value is -0.440. The van der Waals surface area contributed by atoms with Gasteiger partial charge in [-0.05, 0) is 24.6 Å². The molecule has 1 aliphatic heterocycles. The van der Waals surface area contributed by atoms with E-state index in [1.54, 1.807) is 0 Å². The molecule has 94 valence electrons. The molecule has 0 aliphatic carbocycles. The van der Waals surface area contributed by atoms with Gasteiger partial charge in [0.1, 0.15) is 0 Å². The number of nitrogens with zero attached hydrogens (tertiary/aromatic N) is 2. The molecule has 0 saturated carbocycles. The molecular formula is C13H18Cl2N2. The van der Waals surface area contributed by atoms with Crippen LogP contribution in [0.3, 0.4) is 0 Å². The molecule has 1 aromatic carbocycles. The van der Waals surface area contributed by atoms with E-state index in [2.05, 4.69) is 22.8 Å². The zero-order valence-electron chi connectivity index (χ0n) is 10.1. The normalized spacial score (nSPS) is 17.5. The number of piperazine rings is 1. The first kappa shape index (κ1) is 13.0. The molecule has 0 amide bonds. The van der Waals surface area contributed by atoms with Gasteiger partial charge in [0.2, 0.25) is 0 Å². The summed E-state index contributed by atoms with van der Waals surface area (Å²) in [6, 6.07) is 6.12. The summed E-state index contributed by atoms with van der Waals surface area (Å²) in [5.41, 5.74) is 2.45. The monoisotopic (exact) mass is 272 g/mol. The fourth-order valence-corrected chi connectivity index (χ4v) is 2.68. The highest BCUT2D eigenvalue weighted by molar-refractivity contribution is 6.31. The molecule has 0 N–H and O–H groups in total. The Labute approximate surface area is 113 Å². The maximum atomic E-state index is 6.16. The second kappa shape index (κ2) is 5.94. The van der Waals surface area contributed by atoms with Crippen molar-refractivity contribution in [2.45, 2.75) is 6.92 Å². The standard InChI is InChI=1S/C13H18Cl2N2/c1-11-12(15)3-2-4-13(11)17-9-7-16(6-5-14)8-10-17/h2-4H,5-10H2,1H3. The van der Waals surface area contributed by atoms with Crippen LogP contribution in [0.15, 0.2) is 18.2 Å². The predicted octanol–water partition coefficient (Wildman–Crippen LogP) is 3.01. The Morgan fingerprint density at radius 1 is 1.18 bits per heavy atom. The van der Waals surface area contributed by atoms with E-state index >= 15 is 0 Å². The van der Waals surface area contributed by atoms with E-state index in [4.69, 9.17) is 23.2 Å². The Bertz CT molecular complexity index is 374. The number of anilines is 1. The van der Waals surface area contributed by atoms with E-state index < -0.39 is 0 Å². The summed E-state index contributed by atoms with van der Waals surface area (Å²) in [5, 5.41) is 0.852. The molecular weight excluding hydrogens is 255 g/mol. The molecule has 1 fully saturated rings. The highest BCUT2D eigenvalue weighted by Crippen LogP contribution is 2.27. The lowest BCUT2D eigenvalue weighted by Crippen LogP contribution is -2.47. The van der Waals surface area contributed by atoms with Gasteiger partial charge in [-0.15, -0.1) is 11.6 Å². The Morgan fingerprint density at radius 3 is 2.53 bits per heavy atom. The van der Waals surface area contributed by atoms with Gasteiger partial charge in [0.25, 0.3) is 0 Å². The minimum atomic E-state index is 0.718. The fraction of sp³-hybridized carbons (Fsp3) is 0.538. The molecule has 4 heteroatoms. The lowest BCUT2D eigenvalue weighted by Gasteiger charge is -2.36. The van der Waals surface area contributed by atoms with Gasteiger partial charge in [-0.2, -0.15) is 0 Å². The van der Waals surface area contributed by atoms with E-state index in [0.29, 0.717) is 0 Å². The van der Waals surface area contributed by atoms with Gasteiger partial charge in [-0.25, -0.2) is 0 Å². The minimum Gasteiger partial charge on any atom is -0.369 e. The van der Waals surface area contributed by atoms with E-state index in [1.807, 2.05) is 12.1 Å². The molecule has 2 nitrogen and oxygen atoms in total. The van der Waals surface area contributed by atoms with Crippen molar-refractivity contribution in [1.29, 1.82) is 0 Å². The van der Waals surface area contributed by atoms with Crippen LogP contribution in [0.4, 0.5) is 5.69 Å². The first-order chi connectivity index (χ1) is 8.22. The SMILES string of the molecule is Cc1c(Cl)cccc1N1CCN(CCCl)CC1. The van der Waals surface area contributed by atoms with Crippen molar-refractivity contribution in [1.82, 2.24) is 4.90 Å². The van der Waals surface area contributed by atoms with Crippen molar-refractivity contribution in [3.63, 3.8) is 0 Å². The predicted molar refractivity (Wildman–Crippen MR) is 75.6 cm³/mol. The van der Waals surface area contributed by atoms with Crippen LogP contribution in [0, 0.1) is 6.92 Å². The van der Waals surface area contributed by atoms with Gasteiger partial charge in [-0.1, -0.05) is 17.7 Å². The van der Waals surface area contributed by atoms with Crippen LogP contribution in [-0.4, -0.2) is 43.5 Å².